The van der Waals surface area contributed by atoms with E-state index in [2.05, 4.69) is 5.32 Å². The van der Waals surface area contributed by atoms with Crippen molar-refractivity contribution in [3.05, 3.63) is 0 Å². The first kappa shape index (κ1) is 11.1. The number of nitrogens with one attached hydrogen (secondary N) is 1. The molecular formula is C13H19NO3. The van der Waals surface area contributed by atoms with Gasteiger partial charge in [0.25, 0.3) is 0 Å². The number of fused-ring (bicyclic) bond motifs is 1. The second-order valence-corrected chi connectivity index (χ2v) is 6.66. The quantitative estimate of drug-likeness (QED) is 0.695. The molecule has 3 fully saturated rings. The number of carbonyl (C=O) groups excluding carboxylic acids is 2. The van der Waals surface area contributed by atoms with Crippen LogP contribution in [0.5, 0.6) is 0 Å². The second-order valence-electron chi connectivity index (χ2n) is 6.66. The molecule has 0 unspecified atom stereocenters. The fraction of sp³-hybridized carbons (Fsp3) is 0.846. The summed E-state index contributed by atoms with van der Waals surface area (Å²) in [5.74, 6) is 0.236. The molecule has 17 heavy (non-hydrogen) atoms. The Morgan fingerprint density at radius 3 is 2.71 bits per heavy atom. The molecule has 1 N–H and O–H groups in total. The van der Waals surface area contributed by atoms with Crippen LogP contribution in [0.4, 0.5) is 0 Å². The molecule has 0 aromatic rings. The Hall–Kier alpha value is -1.06. The molecule has 3 aliphatic rings. The molecule has 4 nitrogen and oxygen atoms in total. The van der Waals surface area contributed by atoms with Gasteiger partial charge in [-0.05, 0) is 39.5 Å². The van der Waals surface area contributed by atoms with Gasteiger partial charge in [0.2, 0.25) is 5.91 Å². The monoisotopic (exact) mass is 237 g/mol. The average molecular weight is 237 g/mol. The standard InChI is InChI=1S/C13H19NO3/c1-13(2,3)14-11(15)9-6-4-7-8(5-6)17-12(16)10(7)9/h6-10H,4-5H2,1-3H3,(H,14,15)/t6-,7-,8+,9+,10-/m0/s1. The Morgan fingerprint density at radius 1 is 1.35 bits per heavy atom. The predicted molar refractivity (Wildman–Crippen MR) is 61.0 cm³/mol. The Morgan fingerprint density at radius 2 is 2.06 bits per heavy atom. The molecule has 0 spiro atoms. The summed E-state index contributed by atoms with van der Waals surface area (Å²) in [6.45, 7) is 5.90. The third-order valence-electron chi connectivity index (χ3n) is 4.28. The van der Waals surface area contributed by atoms with Gasteiger partial charge in [0.15, 0.2) is 0 Å². The van der Waals surface area contributed by atoms with E-state index in [0.717, 1.165) is 12.8 Å². The molecular weight excluding hydrogens is 218 g/mol. The summed E-state index contributed by atoms with van der Waals surface area (Å²) in [7, 11) is 0. The van der Waals surface area contributed by atoms with Gasteiger partial charge < -0.3 is 10.1 Å². The molecule has 5 atom stereocenters. The zero-order valence-corrected chi connectivity index (χ0v) is 10.5. The Bertz CT molecular complexity index is 383. The van der Waals surface area contributed by atoms with Crippen LogP contribution in [0.2, 0.25) is 0 Å². The van der Waals surface area contributed by atoms with Gasteiger partial charge in [-0.2, -0.15) is 0 Å². The smallest absolute Gasteiger partial charge is 0.310 e. The van der Waals surface area contributed by atoms with Gasteiger partial charge in [-0.3, -0.25) is 9.59 Å². The van der Waals surface area contributed by atoms with Gasteiger partial charge in [-0.15, -0.1) is 0 Å². The van der Waals surface area contributed by atoms with E-state index in [-0.39, 0.29) is 35.4 Å². The molecule has 2 saturated carbocycles. The fourth-order valence-electron chi connectivity index (χ4n) is 3.82. The Balaban J connectivity index is 1.81. The van der Waals surface area contributed by atoms with Crippen molar-refractivity contribution in [1.82, 2.24) is 5.32 Å². The lowest BCUT2D eigenvalue weighted by molar-refractivity contribution is -0.146. The molecule has 1 saturated heterocycles. The molecule has 0 aromatic heterocycles. The van der Waals surface area contributed by atoms with Crippen LogP contribution in [-0.4, -0.2) is 23.5 Å². The summed E-state index contributed by atoms with van der Waals surface area (Å²) in [5.41, 5.74) is -0.235. The molecule has 0 radical (unpaired) electrons. The lowest BCUT2D eigenvalue weighted by Gasteiger charge is -2.28. The van der Waals surface area contributed by atoms with E-state index in [9.17, 15) is 9.59 Å². The van der Waals surface area contributed by atoms with E-state index in [1.807, 2.05) is 20.8 Å². The SMILES string of the molecule is CC(C)(C)NC(=O)[C@@H]1[C@H]2C[C@@H]3[C@@H]1C(=O)O[C@@H]3C2. The zero-order valence-electron chi connectivity index (χ0n) is 10.5. The Kier molecular flexibility index (Phi) is 2.11. The van der Waals surface area contributed by atoms with Gasteiger partial charge in [0.1, 0.15) is 6.10 Å². The maximum atomic E-state index is 12.3. The molecule has 2 bridgehead atoms. The highest BCUT2D eigenvalue weighted by Gasteiger charge is 2.64. The first-order valence-corrected chi connectivity index (χ1v) is 6.39. The normalized spacial score (nSPS) is 42.8. The largest absolute Gasteiger partial charge is 0.462 e. The summed E-state index contributed by atoms with van der Waals surface area (Å²) in [5, 5.41) is 3.00. The summed E-state index contributed by atoms with van der Waals surface area (Å²) in [6.07, 6.45) is 1.98. The molecule has 1 aliphatic heterocycles. The van der Waals surface area contributed by atoms with Crippen molar-refractivity contribution in [1.29, 1.82) is 0 Å². The highest BCUT2D eigenvalue weighted by atomic mass is 16.6. The first-order chi connectivity index (χ1) is 7.87. The lowest BCUT2D eigenvalue weighted by atomic mass is 9.79. The van der Waals surface area contributed by atoms with Crippen molar-refractivity contribution < 1.29 is 14.3 Å². The van der Waals surface area contributed by atoms with Crippen molar-refractivity contribution >= 4 is 11.9 Å². The third-order valence-corrected chi connectivity index (χ3v) is 4.28. The number of hydrogen-bond acceptors (Lipinski definition) is 3. The molecule has 1 amide bonds. The van der Waals surface area contributed by atoms with E-state index >= 15 is 0 Å². The summed E-state index contributed by atoms with van der Waals surface area (Å²) < 4.78 is 5.33. The van der Waals surface area contributed by atoms with Crippen LogP contribution < -0.4 is 5.32 Å². The van der Waals surface area contributed by atoms with Crippen molar-refractivity contribution in [2.24, 2.45) is 23.7 Å². The van der Waals surface area contributed by atoms with Crippen LogP contribution in [-0.2, 0) is 14.3 Å². The summed E-state index contributed by atoms with van der Waals surface area (Å²) >= 11 is 0. The number of amides is 1. The molecule has 0 aromatic carbocycles. The van der Waals surface area contributed by atoms with Crippen LogP contribution >= 0.6 is 0 Å². The number of carbonyl (C=O) groups is 2. The first-order valence-electron chi connectivity index (χ1n) is 6.39. The number of hydrogen-bond donors (Lipinski definition) is 1. The average Bonchev–Trinajstić information content (AvgIpc) is 2.73. The van der Waals surface area contributed by atoms with Gasteiger partial charge >= 0.3 is 5.97 Å². The van der Waals surface area contributed by atoms with E-state index in [0.29, 0.717) is 11.8 Å². The minimum absolute atomic E-state index is 0.0345. The van der Waals surface area contributed by atoms with Gasteiger partial charge in [-0.25, -0.2) is 0 Å². The molecule has 3 rings (SSSR count). The second kappa shape index (κ2) is 3.24. The molecule has 1 heterocycles. The zero-order chi connectivity index (χ0) is 12.4. The maximum absolute atomic E-state index is 12.3. The number of esters is 1. The van der Waals surface area contributed by atoms with Crippen LogP contribution in [0.3, 0.4) is 0 Å². The van der Waals surface area contributed by atoms with Crippen LogP contribution in [0.1, 0.15) is 33.6 Å². The van der Waals surface area contributed by atoms with E-state index < -0.39 is 0 Å². The molecule has 4 heteroatoms. The van der Waals surface area contributed by atoms with Crippen molar-refractivity contribution in [3.63, 3.8) is 0 Å². The summed E-state index contributed by atoms with van der Waals surface area (Å²) in [6, 6.07) is 0. The minimum Gasteiger partial charge on any atom is -0.462 e. The number of ether oxygens (including phenoxy) is 1. The third kappa shape index (κ3) is 1.57. The lowest BCUT2D eigenvalue weighted by Crippen LogP contribution is -2.47. The highest BCUT2D eigenvalue weighted by Crippen LogP contribution is 2.57. The van der Waals surface area contributed by atoms with E-state index in [1.165, 1.54) is 0 Å². The van der Waals surface area contributed by atoms with Crippen molar-refractivity contribution in [2.45, 2.75) is 45.3 Å². The minimum atomic E-state index is -0.235. The van der Waals surface area contributed by atoms with Crippen molar-refractivity contribution in [2.75, 3.05) is 0 Å². The van der Waals surface area contributed by atoms with E-state index in [4.69, 9.17) is 4.74 Å². The number of rotatable bonds is 1. The van der Waals surface area contributed by atoms with Crippen LogP contribution in [0, 0.1) is 23.7 Å². The molecule has 94 valence electrons. The highest BCUT2D eigenvalue weighted by molar-refractivity contribution is 5.88. The summed E-state index contributed by atoms with van der Waals surface area (Å²) in [4.78, 5) is 24.0. The van der Waals surface area contributed by atoms with Gasteiger partial charge in [-0.1, -0.05) is 0 Å². The maximum Gasteiger partial charge on any atom is 0.310 e. The van der Waals surface area contributed by atoms with Gasteiger partial charge in [0.05, 0.1) is 11.8 Å². The van der Waals surface area contributed by atoms with Gasteiger partial charge in [0, 0.05) is 11.5 Å². The fourth-order valence-corrected chi connectivity index (χ4v) is 3.82. The Labute approximate surface area is 101 Å². The van der Waals surface area contributed by atoms with E-state index in [1.54, 1.807) is 0 Å². The van der Waals surface area contributed by atoms with Crippen LogP contribution in [0.15, 0.2) is 0 Å². The topological polar surface area (TPSA) is 55.4 Å². The predicted octanol–water partition coefficient (Wildman–Crippen LogP) is 1.10. The molecule has 2 aliphatic carbocycles. The van der Waals surface area contributed by atoms with Crippen LogP contribution in [0.25, 0.3) is 0 Å². The van der Waals surface area contributed by atoms with Crippen molar-refractivity contribution in [3.8, 4) is 0 Å².